The largest absolute Gasteiger partial charge is 0.393 e. The van der Waals surface area contributed by atoms with E-state index in [4.69, 9.17) is 0 Å². The molecule has 0 aromatic heterocycles. The summed E-state index contributed by atoms with van der Waals surface area (Å²) in [6, 6.07) is 0. The molecule has 5 saturated carbocycles. The molecule has 5 fully saturated rings. The predicted octanol–water partition coefficient (Wildman–Crippen LogP) is 7.57. The van der Waals surface area contributed by atoms with Crippen LogP contribution in [0.1, 0.15) is 120 Å². The lowest BCUT2D eigenvalue weighted by molar-refractivity contribution is -0.280. The van der Waals surface area contributed by atoms with Crippen molar-refractivity contribution in [2.45, 2.75) is 138 Å². The minimum Gasteiger partial charge on any atom is -0.393 e. The van der Waals surface area contributed by atoms with Gasteiger partial charge in [-0.1, -0.05) is 86.5 Å². The molecule has 5 rings (SSSR count). The topological polar surface area (TPSA) is 60.7 Å². The molecule has 0 aromatic carbocycles. The summed E-state index contributed by atoms with van der Waals surface area (Å²) in [7, 11) is 0. The molecule has 5 aliphatic rings. The molecule has 0 aromatic rings. The summed E-state index contributed by atoms with van der Waals surface area (Å²) >= 11 is 0. The van der Waals surface area contributed by atoms with E-state index in [1.54, 1.807) is 0 Å². The Morgan fingerprint density at radius 1 is 0.875 bits per heavy atom. The van der Waals surface area contributed by atoms with Gasteiger partial charge in [-0.2, -0.15) is 0 Å². The molecule has 15 atom stereocenters. The summed E-state index contributed by atoms with van der Waals surface area (Å²) in [5, 5.41) is 35.3. The molecule has 0 bridgehead atoms. The number of fused-ring (bicyclic) bond motifs is 3. The highest BCUT2D eigenvalue weighted by atomic mass is 16.3. The molecule has 0 amide bonds. The Balaban J connectivity index is 1.50. The lowest BCUT2D eigenvalue weighted by Crippen LogP contribution is -2.70. The van der Waals surface area contributed by atoms with E-state index in [0.717, 1.165) is 12.8 Å². The Morgan fingerprint density at radius 2 is 1.52 bits per heavy atom. The molecule has 228 valence electrons. The van der Waals surface area contributed by atoms with Crippen LogP contribution in [0.15, 0.2) is 0 Å². The molecule has 0 spiro atoms. The molecule has 0 radical (unpaired) electrons. The first-order valence-corrected chi connectivity index (χ1v) is 17.2. The average molecular weight is 555 g/mol. The molecule has 0 heterocycles. The summed E-state index contributed by atoms with van der Waals surface area (Å²) < 4.78 is 0. The molecule has 15 unspecified atom stereocenters. The molecule has 3 nitrogen and oxygen atoms in total. The average Bonchev–Trinajstić information content (AvgIpc) is 2.85. The minimum atomic E-state index is -0.563. The van der Waals surface area contributed by atoms with E-state index in [1.807, 2.05) is 6.92 Å². The Kier molecular flexibility index (Phi) is 8.38. The van der Waals surface area contributed by atoms with Crippen LogP contribution in [0, 0.1) is 93.2 Å². The first kappa shape index (κ1) is 30.9. The zero-order valence-corrected chi connectivity index (χ0v) is 27.3. The van der Waals surface area contributed by atoms with Crippen molar-refractivity contribution >= 4 is 0 Å². The van der Waals surface area contributed by atoms with Gasteiger partial charge in [0, 0.05) is 23.2 Å². The lowest BCUT2D eigenvalue weighted by Gasteiger charge is -2.72. The van der Waals surface area contributed by atoms with Gasteiger partial charge in [-0.05, 0) is 104 Å². The highest BCUT2D eigenvalue weighted by Crippen LogP contribution is 2.73. The van der Waals surface area contributed by atoms with E-state index in [0.29, 0.717) is 35.5 Å². The van der Waals surface area contributed by atoms with E-state index < -0.39 is 12.2 Å². The number of aliphatic hydroxyl groups excluding tert-OH is 3. The van der Waals surface area contributed by atoms with Gasteiger partial charge in [-0.25, -0.2) is 0 Å². The second-order valence-corrected chi connectivity index (χ2v) is 17.1. The number of aliphatic hydroxyl groups is 3. The Bertz CT molecular complexity index is 972. The van der Waals surface area contributed by atoms with Crippen molar-refractivity contribution < 1.29 is 15.3 Å². The second kappa shape index (κ2) is 10.9. The summed E-state index contributed by atoms with van der Waals surface area (Å²) in [5.74, 6) is 11.4. The Labute approximate surface area is 246 Å². The van der Waals surface area contributed by atoms with Crippen molar-refractivity contribution in [3.05, 3.63) is 0 Å². The van der Waals surface area contributed by atoms with Crippen LogP contribution in [-0.2, 0) is 0 Å². The summed E-state index contributed by atoms with van der Waals surface area (Å²) in [4.78, 5) is 0. The smallest absolute Gasteiger partial charge is 0.0656 e. The monoisotopic (exact) mass is 554 g/mol. The predicted molar refractivity (Wildman–Crippen MR) is 164 cm³/mol. The van der Waals surface area contributed by atoms with Gasteiger partial charge < -0.3 is 15.3 Å². The molecule has 0 aliphatic heterocycles. The fraction of sp³-hybridized carbons (Fsp3) is 0.946. The van der Waals surface area contributed by atoms with Crippen LogP contribution in [0.4, 0.5) is 0 Å². The standard InChI is InChI=1S/C37H62O3/c1-21(2)28-17-27(16-15-26-13-11-10-12-14-26)23(4)31-29(28)19-35(7)20-36(8)18-22(3)30(25(6)38)34(40)37(36,9)24(5)32(35)33(31)39/h21-34,38-40H,10-14,17-20H2,1-9H3. The number of rotatable bonds is 2. The lowest BCUT2D eigenvalue weighted by atomic mass is 9.33. The fourth-order valence-corrected chi connectivity index (χ4v) is 12.5. The number of hydrogen-bond acceptors (Lipinski definition) is 3. The molecule has 3 N–H and O–H groups in total. The molecule has 0 saturated heterocycles. The van der Waals surface area contributed by atoms with E-state index in [2.05, 4.69) is 67.2 Å². The van der Waals surface area contributed by atoms with Crippen molar-refractivity contribution in [2.24, 2.45) is 81.3 Å². The van der Waals surface area contributed by atoms with Gasteiger partial charge in [-0.3, -0.25) is 0 Å². The number of hydrogen-bond donors (Lipinski definition) is 3. The zero-order valence-electron chi connectivity index (χ0n) is 27.3. The maximum Gasteiger partial charge on any atom is 0.0656 e. The van der Waals surface area contributed by atoms with Crippen LogP contribution >= 0.6 is 0 Å². The van der Waals surface area contributed by atoms with E-state index in [-0.39, 0.29) is 51.9 Å². The van der Waals surface area contributed by atoms with Gasteiger partial charge >= 0.3 is 0 Å². The van der Waals surface area contributed by atoms with E-state index in [1.165, 1.54) is 44.9 Å². The van der Waals surface area contributed by atoms with E-state index >= 15 is 0 Å². The fourth-order valence-electron chi connectivity index (χ4n) is 12.5. The normalized spacial score (nSPS) is 54.0. The molecular formula is C37H62O3. The first-order chi connectivity index (χ1) is 18.7. The van der Waals surface area contributed by atoms with Gasteiger partial charge in [0.2, 0.25) is 0 Å². The third-order valence-corrected chi connectivity index (χ3v) is 14.6. The van der Waals surface area contributed by atoms with Gasteiger partial charge in [0.25, 0.3) is 0 Å². The summed E-state index contributed by atoms with van der Waals surface area (Å²) in [6.45, 7) is 20.9. The maximum atomic E-state index is 12.6. The Morgan fingerprint density at radius 3 is 2.12 bits per heavy atom. The van der Waals surface area contributed by atoms with Crippen molar-refractivity contribution in [3.63, 3.8) is 0 Å². The van der Waals surface area contributed by atoms with Gasteiger partial charge in [0.1, 0.15) is 0 Å². The molecule has 40 heavy (non-hydrogen) atoms. The van der Waals surface area contributed by atoms with E-state index in [9.17, 15) is 15.3 Å². The van der Waals surface area contributed by atoms with Gasteiger partial charge in [-0.15, -0.1) is 0 Å². The van der Waals surface area contributed by atoms with Crippen LogP contribution in [0.3, 0.4) is 0 Å². The van der Waals surface area contributed by atoms with Crippen molar-refractivity contribution in [1.29, 1.82) is 0 Å². The third-order valence-electron chi connectivity index (χ3n) is 14.6. The third kappa shape index (κ3) is 4.65. The zero-order chi connectivity index (χ0) is 29.4. The van der Waals surface area contributed by atoms with Crippen LogP contribution in [0.25, 0.3) is 0 Å². The van der Waals surface area contributed by atoms with Crippen LogP contribution in [0.2, 0.25) is 0 Å². The van der Waals surface area contributed by atoms with Crippen molar-refractivity contribution in [3.8, 4) is 11.8 Å². The van der Waals surface area contributed by atoms with Crippen molar-refractivity contribution in [1.82, 2.24) is 0 Å². The molecule has 5 aliphatic carbocycles. The first-order valence-electron chi connectivity index (χ1n) is 17.2. The molecular weight excluding hydrogens is 492 g/mol. The van der Waals surface area contributed by atoms with Gasteiger partial charge in [0.05, 0.1) is 18.3 Å². The van der Waals surface area contributed by atoms with Crippen molar-refractivity contribution in [2.75, 3.05) is 0 Å². The quantitative estimate of drug-likeness (QED) is 0.309. The Hall–Kier alpha value is -0.560. The summed E-state index contributed by atoms with van der Waals surface area (Å²) in [6.07, 6.45) is 9.56. The highest BCUT2D eigenvalue weighted by Gasteiger charge is 2.70. The van der Waals surface area contributed by atoms with Crippen LogP contribution < -0.4 is 0 Å². The highest BCUT2D eigenvalue weighted by molar-refractivity contribution is 5.20. The van der Waals surface area contributed by atoms with Crippen LogP contribution in [-0.4, -0.2) is 33.6 Å². The SMILES string of the molecule is CC(C)C1CC(C#CC2CCCCC2)C(C)C2C(O)C3C(C)C4(C)C(O)C(C(C)O)C(C)CC4(C)CC3(C)CC12. The summed E-state index contributed by atoms with van der Waals surface area (Å²) in [5.41, 5.74) is -0.302. The minimum absolute atomic E-state index is 0.0178. The van der Waals surface area contributed by atoms with Gasteiger partial charge in [0.15, 0.2) is 0 Å². The second-order valence-electron chi connectivity index (χ2n) is 17.1. The van der Waals surface area contributed by atoms with Crippen LogP contribution in [0.5, 0.6) is 0 Å². The maximum absolute atomic E-state index is 12.6. The molecule has 3 heteroatoms.